The van der Waals surface area contributed by atoms with Crippen LogP contribution >= 0.6 is 0 Å². The van der Waals surface area contributed by atoms with Crippen LogP contribution in [0.1, 0.15) is 23.0 Å². The van der Waals surface area contributed by atoms with Gasteiger partial charge < -0.3 is 5.32 Å². The number of rotatable bonds is 7. The highest BCUT2D eigenvalue weighted by atomic mass is 32.2. The first kappa shape index (κ1) is 22.2. The molecule has 2 N–H and O–H groups in total. The second kappa shape index (κ2) is 9.25. The number of hydrogen-bond acceptors (Lipinski definition) is 5. The molecule has 168 valence electrons. The molecule has 0 saturated heterocycles. The lowest BCUT2D eigenvalue weighted by molar-refractivity contribution is 0.102. The van der Waals surface area contributed by atoms with Gasteiger partial charge in [0, 0.05) is 16.8 Å². The Kier molecular flexibility index (Phi) is 6.23. The number of hydrogen-bond donors (Lipinski definition) is 2. The zero-order chi connectivity index (χ0) is 23.4. The average molecular weight is 463 g/mol. The second-order valence-corrected chi connectivity index (χ2v) is 9.39. The van der Waals surface area contributed by atoms with E-state index in [1.165, 1.54) is 4.68 Å². The minimum Gasteiger partial charge on any atom is -0.321 e. The zero-order valence-electron chi connectivity index (χ0n) is 17.9. The number of amides is 1. The van der Waals surface area contributed by atoms with Gasteiger partial charge in [0.05, 0.1) is 17.7 Å². The summed E-state index contributed by atoms with van der Waals surface area (Å²) in [5.74, 6) is -0.516. The highest BCUT2D eigenvalue weighted by Gasteiger charge is 2.17. The van der Waals surface area contributed by atoms with Gasteiger partial charge in [-0.25, -0.2) is 13.1 Å². The molecule has 0 aliphatic rings. The summed E-state index contributed by atoms with van der Waals surface area (Å²) in [6, 6.07) is 22.6. The molecule has 4 rings (SSSR count). The van der Waals surface area contributed by atoms with Crippen molar-refractivity contribution in [2.45, 2.75) is 13.5 Å². The van der Waals surface area contributed by atoms with Crippen molar-refractivity contribution in [3.8, 4) is 0 Å². The maximum Gasteiger partial charge on any atom is 0.276 e. The third-order valence-corrected chi connectivity index (χ3v) is 6.36. The summed E-state index contributed by atoms with van der Waals surface area (Å²) in [4.78, 5) is 26.1. The molecule has 0 fully saturated rings. The largest absolute Gasteiger partial charge is 0.321 e. The van der Waals surface area contributed by atoms with Crippen LogP contribution in [0.4, 0.5) is 11.4 Å². The first-order valence-electron chi connectivity index (χ1n) is 10.3. The molecule has 1 amide bonds. The fourth-order valence-corrected chi connectivity index (χ4v) is 3.97. The molecule has 4 aromatic rings. The lowest BCUT2D eigenvalue weighted by Gasteiger charge is -2.12. The Morgan fingerprint density at radius 2 is 1.48 bits per heavy atom. The van der Waals surface area contributed by atoms with Gasteiger partial charge in [-0.3, -0.25) is 14.3 Å². The monoisotopic (exact) mass is 462 g/mol. The van der Waals surface area contributed by atoms with E-state index >= 15 is 0 Å². The van der Waals surface area contributed by atoms with Crippen molar-refractivity contribution in [2.75, 3.05) is 15.8 Å². The topological polar surface area (TPSA) is 110 Å². The number of carbonyl (C=O) groups is 1. The molecule has 0 atom stereocenters. The van der Waals surface area contributed by atoms with Crippen LogP contribution in [0.15, 0.2) is 83.7 Å². The highest BCUT2D eigenvalue weighted by molar-refractivity contribution is 7.92. The number of anilines is 2. The average Bonchev–Trinajstić information content (AvgIpc) is 2.82. The number of benzene rings is 3. The van der Waals surface area contributed by atoms with Gasteiger partial charge in [-0.2, -0.15) is 5.10 Å². The van der Waals surface area contributed by atoms with E-state index in [4.69, 9.17) is 0 Å². The van der Waals surface area contributed by atoms with Crippen LogP contribution in [0.2, 0.25) is 0 Å². The number of nitrogens with zero attached hydrogens (tertiary/aromatic N) is 2. The van der Waals surface area contributed by atoms with Crippen molar-refractivity contribution < 1.29 is 13.2 Å². The van der Waals surface area contributed by atoms with E-state index in [1.807, 2.05) is 30.3 Å². The Morgan fingerprint density at radius 3 is 2.15 bits per heavy atom. The van der Waals surface area contributed by atoms with E-state index in [-0.39, 0.29) is 23.6 Å². The maximum absolute atomic E-state index is 13.1. The van der Waals surface area contributed by atoms with Crippen LogP contribution in [0.3, 0.4) is 0 Å². The smallest absolute Gasteiger partial charge is 0.276 e. The Hall–Kier alpha value is -3.98. The van der Waals surface area contributed by atoms with E-state index in [9.17, 15) is 18.0 Å². The minimum atomic E-state index is -3.39. The third-order valence-electron chi connectivity index (χ3n) is 5.05. The van der Waals surface area contributed by atoms with Gasteiger partial charge in [-0.1, -0.05) is 48.5 Å². The van der Waals surface area contributed by atoms with Gasteiger partial charge in [0.1, 0.15) is 0 Å². The van der Waals surface area contributed by atoms with Gasteiger partial charge in [0.15, 0.2) is 5.69 Å². The molecule has 9 heteroatoms. The molecule has 0 bridgehead atoms. The van der Waals surface area contributed by atoms with Crippen LogP contribution in [0, 0.1) is 0 Å². The quantitative estimate of drug-likeness (QED) is 0.437. The molecule has 33 heavy (non-hydrogen) atoms. The predicted molar refractivity (Wildman–Crippen MR) is 129 cm³/mol. The Labute approximate surface area is 190 Å². The van der Waals surface area contributed by atoms with Crippen molar-refractivity contribution in [1.82, 2.24) is 9.78 Å². The van der Waals surface area contributed by atoms with Gasteiger partial charge in [0.25, 0.3) is 11.5 Å². The number of sulfonamides is 1. The lowest BCUT2D eigenvalue weighted by atomic mass is 10.1. The molecule has 1 aromatic heterocycles. The molecule has 0 saturated carbocycles. The fourth-order valence-electron chi connectivity index (χ4n) is 3.33. The number of fused-ring (bicyclic) bond motifs is 1. The molecular weight excluding hydrogens is 440 g/mol. The first-order valence-corrected chi connectivity index (χ1v) is 12.0. The lowest BCUT2D eigenvalue weighted by Crippen LogP contribution is -2.28. The van der Waals surface area contributed by atoms with E-state index in [0.717, 1.165) is 5.56 Å². The SMILES string of the molecule is CCS(=O)(=O)Nc1ccc(NC(=O)c2nn(Cc3ccccc3)c(=O)c3ccccc23)cc1. The summed E-state index contributed by atoms with van der Waals surface area (Å²) < 4.78 is 27.2. The normalized spacial score (nSPS) is 11.3. The second-order valence-electron chi connectivity index (χ2n) is 7.38. The summed E-state index contributed by atoms with van der Waals surface area (Å²) in [6.45, 7) is 1.78. The molecule has 0 spiro atoms. The first-order chi connectivity index (χ1) is 15.9. The van der Waals surface area contributed by atoms with Crippen LogP contribution in [-0.2, 0) is 16.6 Å². The van der Waals surface area contributed by atoms with Crippen molar-refractivity contribution >= 4 is 38.1 Å². The summed E-state index contributed by atoms with van der Waals surface area (Å²) in [6.07, 6.45) is 0. The van der Waals surface area contributed by atoms with E-state index in [1.54, 1.807) is 55.5 Å². The van der Waals surface area contributed by atoms with E-state index < -0.39 is 15.9 Å². The molecule has 3 aromatic carbocycles. The van der Waals surface area contributed by atoms with Gasteiger partial charge >= 0.3 is 0 Å². The third kappa shape index (κ3) is 5.09. The summed E-state index contributed by atoms with van der Waals surface area (Å²) in [5.41, 5.74) is 1.59. The fraction of sp³-hybridized carbons (Fsp3) is 0.125. The van der Waals surface area contributed by atoms with Crippen LogP contribution in [0.5, 0.6) is 0 Å². The van der Waals surface area contributed by atoms with Crippen LogP contribution < -0.4 is 15.6 Å². The molecule has 0 unspecified atom stereocenters. The maximum atomic E-state index is 13.1. The minimum absolute atomic E-state index is 0.0388. The van der Waals surface area contributed by atoms with Crippen molar-refractivity contribution in [3.63, 3.8) is 0 Å². The van der Waals surface area contributed by atoms with Crippen molar-refractivity contribution in [2.24, 2.45) is 0 Å². The predicted octanol–water partition coefficient (Wildman–Crippen LogP) is 3.46. The van der Waals surface area contributed by atoms with Crippen molar-refractivity contribution in [3.05, 3.63) is 100 Å². The molecule has 0 radical (unpaired) electrons. The Morgan fingerprint density at radius 1 is 0.879 bits per heavy atom. The van der Waals surface area contributed by atoms with Crippen molar-refractivity contribution in [1.29, 1.82) is 0 Å². The summed E-state index contributed by atoms with van der Waals surface area (Å²) in [7, 11) is -3.39. The summed E-state index contributed by atoms with van der Waals surface area (Å²) in [5, 5.41) is 8.00. The molecule has 1 heterocycles. The van der Waals surface area contributed by atoms with E-state index in [2.05, 4.69) is 15.1 Å². The zero-order valence-corrected chi connectivity index (χ0v) is 18.7. The van der Waals surface area contributed by atoms with E-state index in [0.29, 0.717) is 22.1 Å². The molecular formula is C24H22N4O4S. The van der Waals surface area contributed by atoms with Crippen LogP contribution in [0.25, 0.3) is 10.8 Å². The number of carbonyl (C=O) groups excluding carboxylic acids is 1. The standard InChI is InChI=1S/C24H22N4O4S/c1-2-33(31,32)27-19-14-12-18(13-15-19)25-23(29)22-20-10-6-7-11-21(20)24(30)28(26-22)16-17-8-4-3-5-9-17/h3-15,27H,2,16H2,1H3,(H,25,29). The highest BCUT2D eigenvalue weighted by Crippen LogP contribution is 2.18. The van der Waals surface area contributed by atoms with Crippen LogP contribution in [-0.4, -0.2) is 29.9 Å². The van der Waals surface area contributed by atoms with Gasteiger partial charge in [-0.05, 0) is 42.8 Å². The molecule has 0 aliphatic carbocycles. The number of aromatic nitrogens is 2. The van der Waals surface area contributed by atoms with Gasteiger partial charge in [-0.15, -0.1) is 0 Å². The Balaban J connectivity index is 1.65. The molecule has 0 aliphatic heterocycles. The summed E-state index contributed by atoms with van der Waals surface area (Å²) >= 11 is 0. The number of nitrogens with one attached hydrogen (secondary N) is 2. The van der Waals surface area contributed by atoms with Gasteiger partial charge in [0.2, 0.25) is 10.0 Å². The molecule has 8 nitrogen and oxygen atoms in total. The Bertz CT molecular complexity index is 1460.